The van der Waals surface area contributed by atoms with E-state index in [1.54, 1.807) is 0 Å². The quantitative estimate of drug-likeness (QED) is 0.835. The summed E-state index contributed by atoms with van der Waals surface area (Å²) in [6.07, 6.45) is 0.780. The Labute approximate surface area is 113 Å². The van der Waals surface area contributed by atoms with Crippen molar-refractivity contribution in [3.05, 3.63) is 29.8 Å². The van der Waals surface area contributed by atoms with Crippen LogP contribution in [0.5, 0.6) is 0 Å². The van der Waals surface area contributed by atoms with Crippen molar-refractivity contribution in [2.75, 3.05) is 25.1 Å². The molecule has 1 aromatic carbocycles. The van der Waals surface area contributed by atoms with E-state index in [2.05, 4.69) is 25.2 Å². The van der Waals surface area contributed by atoms with Gasteiger partial charge >= 0.3 is 0 Å². The Morgan fingerprint density at radius 2 is 2.21 bits per heavy atom. The fourth-order valence-corrected chi connectivity index (χ4v) is 2.90. The first-order valence-electron chi connectivity index (χ1n) is 6.81. The number of nitrogens with zero attached hydrogens (tertiary/aromatic N) is 1. The first-order valence-corrected chi connectivity index (χ1v) is 6.81. The molecule has 1 aromatic rings. The number of anilines is 1. The lowest BCUT2D eigenvalue weighted by Gasteiger charge is -2.43. The largest absolute Gasteiger partial charge is 0.377 e. The molecule has 0 radical (unpaired) electrons. The molecule has 0 spiro atoms. The molecular weight excluding hydrogens is 240 g/mol. The zero-order valence-corrected chi connectivity index (χ0v) is 11.5. The molecule has 0 aromatic heterocycles. The molecule has 3 rings (SSSR count). The first-order chi connectivity index (χ1) is 9.08. The van der Waals surface area contributed by atoms with E-state index in [-0.39, 0.29) is 17.5 Å². The number of amides is 1. The zero-order chi connectivity index (χ0) is 13.5. The van der Waals surface area contributed by atoms with Gasteiger partial charge in [0.05, 0.1) is 18.8 Å². The molecule has 1 N–H and O–H groups in total. The Hall–Kier alpha value is -1.55. The summed E-state index contributed by atoms with van der Waals surface area (Å²) in [6, 6.07) is 8.01. The van der Waals surface area contributed by atoms with Crippen LogP contribution in [-0.2, 0) is 16.0 Å². The number of nitrogens with one attached hydrogen (secondary N) is 1. The van der Waals surface area contributed by atoms with Gasteiger partial charge in [0.15, 0.2) is 0 Å². The zero-order valence-electron chi connectivity index (χ0n) is 11.5. The van der Waals surface area contributed by atoms with Crippen molar-refractivity contribution >= 4 is 11.6 Å². The van der Waals surface area contributed by atoms with Crippen molar-refractivity contribution in [1.82, 2.24) is 4.90 Å². The Bertz CT molecular complexity index is 474. The van der Waals surface area contributed by atoms with Crippen LogP contribution in [0.3, 0.4) is 0 Å². The molecule has 1 saturated heterocycles. The van der Waals surface area contributed by atoms with Crippen molar-refractivity contribution < 1.29 is 9.53 Å². The number of fused-ring (bicyclic) bond motifs is 1. The maximum atomic E-state index is 12.7. The molecule has 4 heteroatoms. The smallest absolute Gasteiger partial charge is 0.246 e. The minimum Gasteiger partial charge on any atom is -0.377 e. The Balaban J connectivity index is 1.76. The average molecular weight is 260 g/mol. The van der Waals surface area contributed by atoms with Crippen LogP contribution in [0, 0.1) is 0 Å². The van der Waals surface area contributed by atoms with E-state index in [1.807, 2.05) is 23.1 Å². The molecule has 0 saturated carbocycles. The minimum atomic E-state index is -0.216. The number of rotatable bonds is 1. The van der Waals surface area contributed by atoms with Crippen LogP contribution in [0.1, 0.15) is 19.4 Å². The number of carbonyl (C=O) groups excluding carboxylic acids is 1. The summed E-state index contributed by atoms with van der Waals surface area (Å²) in [5.74, 6) is 0.185. The van der Waals surface area contributed by atoms with E-state index in [1.165, 1.54) is 5.56 Å². The maximum absolute atomic E-state index is 12.7. The van der Waals surface area contributed by atoms with Crippen LogP contribution >= 0.6 is 0 Å². The molecule has 102 valence electrons. The molecule has 1 unspecified atom stereocenters. The number of ether oxygens (including phenoxy) is 1. The lowest BCUT2D eigenvalue weighted by molar-refractivity contribution is -0.147. The third-order valence-electron chi connectivity index (χ3n) is 3.98. The Kier molecular flexibility index (Phi) is 2.97. The molecule has 2 heterocycles. The number of para-hydroxylation sites is 1. The van der Waals surface area contributed by atoms with Crippen LogP contribution in [-0.4, -0.2) is 42.1 Å². The number of carbonyl (C=O) groups is 1. The van der Waals surface area contributed by atoms with Crippen molar-refractivity contribution in [2.45, 2.75) is 31.8 Å². The summed E-state index contributed by atoms with van der Waals surface area (Å²) in [6.45, 7) is 6.05. The van der Waals surface area contributed by atoms with Crippen molar-refractivity contribution in [3.63, 3.8) is 0 Å². The molecule has 2 aliphatic heterocycles. The summed E-state index contributed by atoms with van der Waals surface area (Å²) >= 11 is 0. The number of morpholine rings is 1. The van der Waals surface area contributed by atoms with Crippen molar-refractivity contribution in [2.24, 2.45) is 0 Å². The lowest BCUT2D eigenvalue weighted by atomic mass is 10.00. The third-order valence-corrected chi connectivity index (χ3v) is 3.98. The molecule has 1 fully saturated rings. The summed E-state index contributed by atoms with van der Waals surface area (Å²) in [7, 11) is 0. The lowest BCUT2D eigenvalue weighted by Crippen LogP contribution is -2.58. The number of hydrogen-bond acceptors (Lipinski definition) is 3. The second-order valence-electron chi connectivity index (χ2n) is 5.91. The van der Waals surface area contributed by atoms with Gasteiger partial charge in [-0.05, 0) is 25.5 Å². The topological polar surface area (TPSA) is 41.6 Å². The summed E-state index contributed by atoms with van der Waals surface area (Å²) < 4.78 is 5.48. The maximum Gasteiger partial charge on any atom is 0.246 e. The van der Waals surface area contributed by atoms with Gasteiger partial charge in [0.2, 0.25) is 5.91 Å². The van der Waals surface area contributed by atoms with E-state index in [0.717, 1.165) is 12.1 Å². The average Bonchev–Trinajstić information content (AvgIpc) is 2.81. The highest BCUT2D eigenvalue weighted by atomic mass is 16.5. The van der Waals surface area contributed by atoms with Crippen LogP contribution in [0.15, 0.2) is 24.3 Å². The van der Waals surface area contributed by atoms with Gasteiger partial charge in [0.1, 0.15) is 6.04 Å². The predicted octanol–water partition coefficient (Wildman–Crippen LogP) is 1.66. The van der Waals surface area contributed by atoms with Gasteiger partial charge in [-0.25, -0.2) is 0 Å². The van der Waals surface area contributed by atoms with E-state index in [4.69, 9.17) is 4.74 Å². The summed E-state index contributed by atoms with van der Waals surface area (Å²) in [5, 5.41) is 3.34. The van der Waals surface area contributed by atoms with E-state index < -0.39 is 0 Å². The normalized spacial score (nSPS) is 24.7. The number of hydrogen-bond donors (Lipinski definition) is 1. The molecule has 1 amide bonds. The molecule has 0 bridgehead atoms. The molecule has 0 aliphatic carbocycles. The highest BCUT2D eigenvalue weighted by Gasteiger charge is 2.38. The molecule has 19 heavy (non-hydrogen) atoms. The van der Waals surface area contributed by atoms with Crippen molar-refractivity contribution in [1.29, 1.82) is 0 Å². The molecule has 2 aliphatic rings. The van der Waals surface area contributed by atoms with Gasteiger partial charge in [0.25, 0.3) is 0 Å². The minimum absolute atomic E-state index is 0.130. The molecule has 4 nitrogen and oxygen atoms in total. The summed E-state index contributed by atoms with van der Waals surface area (Å²) in [4.78, 5) is 14.7. The van der Waals surface area contributed by atoms with Gasteiger partial charge < -0.3 is 15.0 Å². The van der Waals surface area contributed by atoms with E-state index in [0.29, 0.717) is 19.8 Å². The fraction of sp³-hybridized carbons (Fsp3) is 0.533. The number of benzene rings is 1. The fourth-order valence-electron chi connectivity index (χ4n) is 2.90. The van der Waals surface area contributed by atoms with Crippen LogP contribution in [0.4, 0.5) is 5.69 Å². The second kappa shape index (κ2) is 4.53. The Morgan fingerprint density at radius 1 is 1.42 bits per heavy atom. The molecule has 1 atom stereocenters. The van der Waals surface area contributed by atoms with E-state index >= 15 is 0 Å². The summed E-state index contributed by atoms with van der Waals surface area (Å²) in [5.41, 5.74) is 2.10. The molecular formula is C15H20N2O2. The third kappa shape index (κ3) is 2.21. The van der Waals surface area contributed by atoms with E-state index in [9.17, 15) is 4.79 Å². The highest BCUT2D eigenvalue weighted by molar-refractivity contribution is 5.88. The SMILES string of the molecule is CC1(C)COCCN1C(=O)C1Cc2ccccc2N1. The predicted molar refractivity (Wildman–Crippen MR) is 74.2 cm³/mol. The van der Waals surface area contributed by atoms with Gasteiger partial charge in [0, 0.05) is 18.7 Å². The Morgan fingerprint density at radius 3 is 2.95 bits per heavy atom. The van der Waals surface area contributed by atoms with Gasteiger partial charge in [-0.1, -0.05) is 18.2 Å². The monoisotopic (exact) mass is 260 g/mol. The van der Waals surface area contributed by atoms with Crippen LogP contribution in [0.2, 0.25) is 0 Å². The van der Waals surface area contributed by atoms with Crippen molar-refractivity contribution in [3.8, 4) is 0 Å². The van der Waals surface area contributed by atoms with Crippen LogP contribution in [0.25, 0.3) is 0 Å². The highest BCUT2D eigenvalue weighted by Crippen LogP contribution is 2.28. The first kappa shape index (κ1) is 12.5. The van der Waals surface area contributed by atoms with Gasteiger partial charge in [-0.2, -0.15) is 0 Å². The second-order valence-corrected chi connectivity index (χ2v) is 5.91. The standard InChI is InChI=1S/C15H20N2O2/c1-15(2)10-19-8-7-17(15)14(18)13-9-11-5-3-4-6-12(11)16-13/h3-6,13,16H,7-10H2,1-2H3. The van der Waals surface area contributed by atoms with Gasteiger partial charge in [-0.3, -0.25) is 4.79 Å². The van der Waals surface area contributed by atoms with Gasteiger partial charge in [-0.15, -0.1) is 0 Å². The van der Waals surface area contributed by atoms with Crippen LogP contribution < -0.4 is 5.32 Å².